The second-order valence-corrected chi connectivity index (χ2v) is 8.58. The summed E-state index contributed by atoms with van der Waals surface area (Å²) in [6.07, 6.45) is 1.17. The van der Waals surface area contributed by atoms with E-state index in [-0.39, 0.29) is 25.2 Å². The van der Waals surface area contributed by atoms with Crippen LogP contribution in [0.25, 0.3) is 22.3 Å². The Kier molecular flexibility index (Phi) is 8.10. The number of halogens is 3. The molecular weight excluding hydrogens is 500 g/mol. The summed E-state index contributed by atoms with van der Waals surface area (Å²) in [5.74, 6) is -3.56. The van der Waals surface area contributed by atoms with Crippen molar-refractivity contribution in [3.05, 3.63) is 107 Å². The summed E-state index contributed by atoms with van der Waals surface area (Å²) >= 11 is 6.49. The lowest BCUT2D eigenvalue weighted by atomic mass is 10.00. The quantitative estimate of drug-likeness (QED) is 0.245. The van der Waals surface area contributed by atoms with E-state index in [0.717, 1.165) is 23.3 Å². The van der Waals surface area contributed by atoms with Gasteiger partial charge in [0.1, 0.15) is 5.69 Å². The van der Waals surface area contributed by atoms with Crippen molar-refractivity contribution in [1.29, 1.82) is 0 Å². The maximum Gasteiger partial charge on any atom is 0.305 e. The van der Waals surface area contributed by atoms with Crippen molar-refractivity contribution in [2.75, 3.05) is 11.9 Å². The number of carboxylic acids is 1. The van der Waals surface area contributed by atoms with Crippen LogP contribution >= 0.6 is 11.6 Å². The average molecular weight is 522 g/mol. The number of nitrogens with zero attached hydrogens (tertiary/aromatic N) is 1. The molecule has 0 unspecified atom stereocenters. The van der Waals surface area contributed by atoms with E-state index in [1.54, 1.807) is 12.1 Å². The minimum Gasteiger partial charge on any atom is -0.481 e. The van der Waals surface area contributed by atoms with Crippen LogP contribution in [0.1, 0.15) is 22.5 Å². The van der Waals surface area contributed by atoms with E-state index < -0.39 is 23.5 Å². The molecule has 0 aliphatic heterocycles. The summed E-state index contributed by atoms with van der Waals surface area (Å²) in [5.41, 5.74) is 3.99. The SMILES string of the molecule is O=C(O)CCNC(=O)c1ccc(-c2cc(F)c(F)cc2CNc2ccc(-c3ccccc3)c(Cl)c2)cn1. The van der Waals surface area contributed by atoms with E-state index in [1.165, 1.54) is 12.3 Å². The number of rotatable bonds is 9. The molecule has 0 bridgehead atoms. The first-order valence-corrected chi connectivity index (χ1v) is 11.7. The first-order valence-electron chi connectivity index (χ1n) is 11.3. The zero-order chi connectivity index (χ0) is 26.4. The number of hydrogen-bond donors (Lipinski definition) is 3. The van der Waals surface area contributed by atoms with Gasteiger partial charge < -0.3 is 15.7 Å². The molecule has 6 nitrogen and oxygen atoms in total. The third-order valence-corrected chi connectivity index (χ3v) is 5.93. The minimum absolute atomic E-state index is 0.0348. The van der Waals surface area contributed by atoms with Gasteiger partial charge in [0.2, 0.25) is 0 Å². The Balaban J connectivity index is 1.52. The summed E-state index contributed by atoms with van der Waals surface area (Å²) in [5, 5.41) is 14.9. The van der Waals surface area contributed by atoms with Crippen molar-refractivity contribution in [2.24, 2.45) is 0 Å². The molecule has 37 heavy (non-hydrogen) atoms. The topological polar surface area (TPSA) is 91.3 Å². The maximum atomic E-state index is 14.1. The van der Waals surface area contributed by atoms with E-state index >= 15 is 0 Å². The molecule has 0 fully saturated rings. The maximum absolute atomic E-state index is 14.1. The monoisotopic (exact) mass is 521 g/mol. The fourth-order valence-electron chi connectivity index (χ4n) is 3.74. The number of carbonyl (C=O) groups excluding carboxylic acids is 1. The van der Waals surface area contributed by atoms with Gasteiger partial charge in [-0.2, -0.15) is 0 Å². The fourth-order valence-corrected chi connectivity index (χ4v) is 4.03. The van der Waals surface area contributed by atoms with Crippen LogP contribution < -0.4 is 10.6 Å². The van der Waals surface area contributed by atoms with Gasteiger partial charge in [-0.25, -0.2) is 8.78 Å². The van der Waals surface area contributed by atoms with E-state index in [0.29, 0.717) is 27.4 Å². The van der Waals surface area contributed by atoms with Crippen molar-refractivity contribution in [3.63, 3.8) is 0 Å². The number of anilines is 1. The van der Waals surface area contributed by atoms with Crippen molar-refractivity contribution >= 4 is 29.2 Å². The summed E-state index contributed by atoms with van der Waals surface area (Å²) in [7, 11) is 0. The highest BCUT2D eigenvalue weighted by Gasteiger charge is 2.14. The number of hydrogen-bond acceptors (Lipinski definition) is 4. The van der Waals surface area contributed by atoms with Crippen molar-refractivity contribution < 1.29 is 23.5 Å². The molecule has 0 aliphatic rings. The normalized spacial score (nSPS) is 10.7. The standard InChI is InChI=1S/C28H22ClF2N3O3/c29-23-13-20(7-8-21(23)17-4-2-1-3-5-17)33-16-19-12-24(30)25(31)14-22(19)18-6-9-26(34-15-18)28(37)32-11-10-27(35)36/h1-9,12-15,33H,10-11,16H2,(H,32,37)(H,35,36). The Hall–Kier alpha value is -4.30. The molecule has 4 rings (SSSR count). The van der Waals surface area contributed by atoms with E-state index in [9.17, 15) is 18.4 Å². The van der Waals surface area contributed by atoms with Gasteiger partial charge in [-0.3, -0.25) is 14.6 Å². The first-order chi connectivity index (χ1) is 17.8. The van der Waals surface area contributed by atoms with Gasteiger partial charge in [0.15, 0.2) is 11.6 Å². The Morgan fingerprint density at radius 3 is 2.32 bits per heavy atom. The van der Waals surface area contributed by atoms with Crippen LogP contribution in [0.3, 0.4) is 0 Å². The number of aromatic nitrogens is 1. The molecule has 3 aromatic carbocycles. The molecule has 4 aromatic rings. The Morgan fingerprint density at radius 2 is 1.65 bits per heavy atom. The molecule has 0 radical (unpaired) electrons. The number of carbonyl (C=O) groups is 2. The second kappa shape index (κ2) is 11.6. The number of carboxylic acid groups (broad SMARTS) is 1. The number of pyridine rings is 1. The number of nitrogens with one attached hydrogen (secondary N) is 2. The lowest BCUT2D eigenvalue weighted by molar-refractivity contribution is -0.136. The minimum atomic E-state index is -1.03. The lowest BCUT2D eigenvalue weighted by Crippen LogP contribution is -2.26. The van der Waals surface area contributed by atoms with Crippen LogP contribution in [-0.2, 0) is 11.3 Å². The van der Waals surface area contributed by atoms with Gasteiger partial charge in [-0.1, -0.05) is 54.1 Å². The molecule has 0 spiro atoms. The van der Waals surface area contributed by atoms with E-state index in [1.807, 2.05) is 42.5 Å². The first kappa shape index (κ1) is 25.8. The molecule has 0 aliphatic carbocycles. The van der Waals surface area contributed by atoms with Crippen LogP contribution in [0.5, 0.6) is 0 Å². The van der Waals surface area contributed by atoms with Crippen molar-refractivity contribution in [2.45, 2.75) is 13.0 Å². The Morgan fingerprint density at radius 1 is 0.892 bits per heavy atom. The number of amides is 1. The third kappa shape index (κ3) is 6.48. The van der Waals surface area contributed by atoms with E-state index in [4.69, 9.17) is 16.7 Å². The smallest absolute Gasteiger partial charge is 0.305 e. The van der Waals surface area contributed by atoms with E-state index in [2.05, 4.69) is 15.6 Å². The van der Waals surface area contributed by atoms with Gasteiger partial charge >= 0.3 is 5.97 Å². The zero-order valence-corrected chi connectivity index (χ0v) is 20.2. The lowest BCUT2D eigenvalue weighted by Gasteiger charge is -2.14. The fraction of sp³-hybridized carbons (Fsp3) is 0.107. The average Bonchev–Trinajstić information content (AvgIpc) is 2.89. The zero-order valence-electron chi connectivity index (χ0n) is 19.5. The molecule has 0 saturated heterocycles. The highest BCUT2D eigenvalue weighted by atomic mass is 35.5. The van der Waals surface area contributed by atoms with Gasteiger partial charge in [-0.15, -0.1) is 0 Å². The van der Waals surface area contributed by atoms with Crippen LogP contribution in [0.15, 0.2) is 79.0 Å². The van der Waals surface area contributed by atoms with Crippen LogP contribution in [0.2, 0.25) is 5.02 Å². The van der Waals surface area contributed by atoms with Crippen LogP contribution in [0.4, 0.5) is 14.5 Å². The third-order valence-electron chi connectivity index (χ3n) is 5.61. The number of benzene rings is 3. The molecule has 3 N–H and O–H groups in total. The summed E-state index contributed by atoms with van der Waals surface area (Å²) in [6.45, 7) is 0.137. The van der Waals surface area contributed by atoms with Gasteiger partial charge in [0.25, 0.3) is 5.91 Å². The molecule has 9 heteroatoms. The molecule has 1 amide bonds. The Labute approximate surface area is 216 Å². The van der Waals surface area contributed by atoms with Gasteiger partial charge in [-0.05, 0) is 47.0 Å². The molecule has 0 saturated carbocycles. The molecule has 188 valence electrons. The summed E-state index contributed by atoms with van der Waals surface area (Å²) < 4.78 is 28.2. The molecule has 0 atom stereocenters. The predicted octanol–water partition coefficient (Wildman–Crippen LogP) is 6.16. The predicted molar refractivity (Wildman–Crippen MR) is 138 cm³/mol. The highest BCUT2D eigenvalue weighted by Crippen LogP contribution is 2.31. The van der Waals surface area contributed by atoms with Gasteiger partial charge in [0.05, 0.1) is 11.4 Å². The molecular formula is C28H22ClF2N3O3. The molecule has 1 aromatic heterocycles. The number of aliphatic carboxylic acids is 1. The van der Waals surface area contributed by atoms with Gasteiger partial charge in [0, 0.05) is 36.1 Å². The van der Waals surface area contributed by atoms with Crippen LogP contribution in [0, 0.1) is 11.6 Å². The summed E-state index contributed by atoms with van der Waals surface area (Å²) in [4.78, 5) is 26.8. The largest absolute Gasteiger partial charge is 0.481 e. The Bertz CT molecular complexity index is 1430. The second-order valence-electron chi connectivity index (χ2n) is 8.17. The van der Waals surface area contributed by atoms with Crippen molar-refractivity contribution in [3.8, 4) is 22.3 Å². The van der Waals surface area contributed by atoms with Crippen LogP contribution in [-0.4, -0.2) is 28.5 Å². The molecule has 1 heterocycles. The highest BCUT2D eigenvalue weighted by molar-refractivity contribution is 6.33. The summed E-state index contributed by atoms with van der Waals surface area (Å²) in [6, 6.07) is 20.4. The van der Waals surface area contributed by atoms with Crippen molar-refractivity contribution in [1.82, 2.24) is 10.3 Å².